The number of benzene rings is 1. The van der Waals surface area contributed by atoms with Crippen molar-refractivity contribution in [1.82, 2.24) is 19.7 Å². The Balaban J connectivity index is 2.02. The third kappa shape index (κ3) is 3.07. The van der Waals surface area contributed by atoms with Crippen molar-refractivity contribution < 1.29 is 0 Å². The first-order valence-electron chi connectivity index (χ1n) is 7.32. The van der Waals surface area contributed by atoms with E-state index in [1.165, 1.54) is 6.07 Å². The first-order chi connectivity index (χ1) is 11.4. The number of nitrogens with one attached hydrogen (secondary N) is 2. The van der Waals surface area contributed by atoms with Gasteiger partial charge in [0.15, 0.2) is 5.69 Å². The van der Waals surface area contributed by atoms with Gasteiger partial charge in [0.05, 0.1) is 11.4 Å². The van der Waals surface area contributed by atoms with Crippen LogP contribution in [0, 0.1) is 20.8 Å². The third-order valence-corrected chi connectivity index (χ3v) is 3.41. The number of nitrogens with zero attached hydrogens (tertiary/aromatic N) is 4. The lowest BCUT2D eigenvalue weighted by atomic mass is 10.2. The quantitative estimate of drug-likeness (QED) is 0.723. The van der Waals surface area contributed by atoms with E-state index in [0.29, 0.717) is 17.1 Å². The van der Waals surface area contributed by atoms with Crippen LogP contribution >= 0.6 is 0 Å². The van der Waals surface area contributed by atoms with Crippen molar-refractivity contribution in [1.29, 1.82) is 0 Å². The van der Waals surface area contributed by atoms with Crippen molar-refractivity contribution in [2.45, 2.75) is 20.8 Å². The van der Waals surface area contributed by atoms with Crippen molar-refractivity contribution in [3.05, 3.63) is 68.0 Å². The van der Waals surface area contributed by atoms with Gasteiger partial charge in [0.2, 0.25) is 5.95 Å². The number of hydrogen-bond acceptors (Lipinski definition) is 5. The molecule has 8 nitrogen and oxygen atoms in total. The van der Waals surface area contributed by atoms with Crippen molar-refractivity contribution in [2.75, 3.05) is 0 Å². The Bertz CT molecular complexity index is 1020. The zero-order valence-corrected chi connectivity index (χ0v) is 13.5. The highest BCUT2D eigenvalue weighted by Crippen LogP contribution is 2.18. The van der Waals surface area contributed by atoms with Crippen LogP contribution in [0.2, 0.25) is 0 Å². The van der Waals surface area contributed by atoms with Crippen molar-refractivity contribution in [2.24, 2.45) is 10.2 Å². The summed E-state index contributed by atoms with van der Waals surface area (Å²) in [7, 11) is 0. The third-order valence-electron chi connectivity index (χ3n) is 3.41. The molecule has 0 amide bonds. The summed E-state index contributed by atoms with van der Waals surface area (Å²) in [5, 5.41) is 11.0. The molecule has 0 aliphatic heterocycles. The Morgan fingerprint density at radius 1 is 1.04 bits per heavy atom. The van der Waals surface area contributed by atoms with Gasteiger partial charge in [-0.3, -0.25) is 19.7 Å². The van der Waals surface area contributed by atoms with Gasteiger partial charge in [0.25, 0.3) is 5.56 Å². The lowest BCUT2D eigenvalue weighted by molar-refractivity contribution is 0.763. The molecule has 0 saturated carbocycles. The minimum atomic E-state index is -0.433. The molecule has 2 heterocycles. The summed E-state index contributed by atoms with van der Waals surface area (Å²) < 4.78 is 1.15. The normalized spacial score (nSPS) is 11.3. The van der Waals surface area contributed by atoms with E-state index in [9.17, 15) is 9.59 Å². The van der Waals surface area contributed by atoms with Gasteiger partial charge < -0.3 is 0 Å². The van der Waals surface area contributed by atoms with Crippen LogP contribution in [0.25, 0.3) is 5.95 Å². The van der Waals surface area contributed by atoms with Gasteiger partial charge in [-0.25, -0.2) is 4.98 Å². The molecule has 0 fully saturated rings. The summed E-state index contributed by atoms with van der Waals surface area (Å²) >= 11 is 0. The molecule has 0 atom stereocenters. The second kappa shape index (κ2) is 6.07. The first-order valence-corrected chi connectivity index (χ1v) is 7.32. The number of aromatic nitrogens is 4. The van der Waals surface area contributed by atoms with Crippen LogP contribution < -0.4 is 11.1 Å². The lowest BCUT2D eigenvalue weighted by Gasteiger charge is -2.00. The number of azo groups is 1. The fourth-order valence-corrected chi connectivity index (χ4v) is 2.19. The zero-order chi connectivity index (χ0) is 17.3. The van der Waals surface area contributed by atoms with Gasteiger partial charge >= 0.3 is 5.56 Å². The van der Waals surface area contributed by atoms with E-state index < -0.39 is 5.56 Å². The van der Waals surface area contributed by atoms with E-state index in [-0.39, 0.29) is 17.2 Å². The zero-order valence-electron chi connectivity index (χ0n) is 13.5. The highest BCUT2D eigenvalue weighted by molar-refractivity contribution is 5.43. The molecule has 0 aliphatic rings. The molecule has 0 unspecified atom stereocenters. The molecule has 8 heteroatoms. The smallest absolute Gasteiger partial charge is 0.291 e. The molecule has 2 aromatic heterocycles. The van der Waals surface area contributed by atoms with Crippen molar-refractivity contribution >= 4 is 11.4 Å². The number of aromatic amines is 2. The molecule has 0 saturated heterocycles. The summed E-state index contributed by atoms with van der Waals surface area (Å²) in [4.78, 5) is 30.7. The van der Waals surface area contributed by atoms with E-state index >= 15 is 0 Å². The standard InChI is InChI=1S/C16H16N6O2/c1-9-4-6-12(7-5-9)19-20-14-11(3)21-22(15(14)24)16-17-10(2)8-13(23)18-16/h4-8,21H,1-3H3,(H,17,18,23). The van der Waals surface area contributed by atoms with E-state index in [1.54, 1.807) is 13.8 Å². The van der Waals surface area contributed by atoms with Crippen LogP contribution in [-0.2, 0) is 0 Å². The van der Waals surface area contributed by atoms with E-state index in [2.05, 4.69) is 25.3 Å². The Kier molecular flexibility index (Phi) is 3.95. The molecule has 0 spiro atoms. The molecule has 1 aromatic carbocycles. The molecular weight excluding hydrogens is 308 g/mol. The van der Waals surface area contributed by atoms with E-state index in [1.807, 2.05) is 31.2 Å². The molecule has 0 bridgehead atoms. The largest absolute Gasteiger partial charge is 0.301 e. The maximum atomic E-state index is 12.5. The van der Waals surface area contributed by atoms with Crippen LogP contribution in [0.1, 0.15) is 17.0 Å². The van der Waals surface area contributed by atoms with Gasteiger partial charge in [-0.05, 0) is 32.9 Å². The number of rotatable bonds is 3. The summed E-state index contributed by atoms with van der Waals surface area (Å²) in [6.07, 6.45) is 0. The number of aryl methyl sites for hydroxylation is 3. The summed E-state index contributed by atoms with van der Waals surface area (Å²) in [5.74, 6) is 0.116. The maximum Gasteiger partial charge on any atom is 0.301 e. The highest BCUT2D eigenvalue weighted by Gasteiger charge is 2.14. The molecule has 2 N–H and O–H groups in total. The molecule has 24 heavy (non-hydrogen) atoms. The molecule has 0 aliphatic carbocycles. The predicted octanol–water partition coefficient (Wildman–Crippen LogP) is 2.59. The Morgan fingerprint density at radius 3 is 2.42 bits per heavy atom. The molecule has 122 valence electrons. The average Bonchev–Trinajstić information content (AvgIpc) is 2.81. The minimum Gasteiger partial charge on any atom is -0.291 e. The fraction of sp³-hybridized carbons (Fsp3) is 0.188. The van der Waals surface area contributed by atoms with Crippen LogP contribution in [0.4, 0.5) is 11.4 Å². The maximum absolute atomic E-state index is 12.5. The fourth-order valence-electron chi connectivity index (χ4n) is 2.19. The van der Waals surface area contributed by atoms with Gasteiger partial charge in [0.1, 0.15) is 0 Å². The van der Waals surface area contributed by atoms with Gasteiger partial charge in [-0.2, -0.15) is 9.80 Å². The predicted molar refractivity (Wildman–Crippen MR) is 89.6 cm³/mol. The topological polar surface area (TPSA) is 108 Å². The minimum absolute atomic E-state index is 0.116. The summed E-state index contributed by atoms with van der Waals surface area (Å²) in [6.45, 7) is 5.36. The summed E-state index contributed by atoms with van der Waals surface area (Å²) in [5.41, 5.74) is 2.20. The van der Waals surface area contributed by atoms with Crippen molar-refractivity contribution in [3.63, 3.8) is 0 Å². The van der Waals surface area contributed by atoms with E-state index in [4.69, 9.17) is 0 Å². The Hall–Kier alpha value is -3.29. The second-order valence-electron chi connectivity index (χ2n) is 5.47. The average molecular weight is 324 g/mol. The van der Waals surface area contributed by atoms with Crippen LogP contribution in [0.5, 0.6) is 0 Å². The molecule has 3 rings (SSSR count). The van der Waals surface area contributed by atoms with Gasteiger partial charge in [-0.15, -0.1) is 5.11 Å². The molecule has 3 aromatic rings. The lowest BCUT2D eigenvalue weighted by Crippen LogP contribution is -2.21. The Labute approximate surface area is 136 Å². The SMILES string of the molecule is Cc1ccc(N=Nc2c(C)[nH]n(-c3nc(C)cc(=O)[nH]3)c2=O)cc1. The first kappa shape index (κ1) is 15.6. The van der Waals surface area contributed by atoms with Crippen molar-refractivity contribution in [3.8, 4) is 5.95 Å². The van der Waals surface area contributed by atoms with Crippen LogP contribution in [0.3, 0.4) is 0 Å². The molecule has 0 radical (unpaired) electrons. The van der Waals surface area contributed by atoms with E-state index in [0.717, 1.165) is 10.2 Å². The Morgan fingerprint density at radius 2 is 1.75 bits per heavy atom. The number of hydrogen-bond donors (Lipinski definition) is 2. The van der Waals surface area contributed by atoms with Gasteiger partial charge in [-0.1, -0.05) is 17.7 Å². The van der Waals surface area contributed by atoms with Gasteiger partial charge in [0, 0.05) is 11.8 Å². The second-order valence-corrected chi connectivity index (χ2v) is 5.47. The molecular formula is C16H16N6O2. The number of H-pyrrole nitrogens is 2. The highest BCUT2D eigenvalue weighted by atomic mass is 16.1. The monoisotopic (exact) mass is 324 g/mol. The van der Waals surface area contributed by atoms with Crippen LogP contribution in [-0.4, -0.2) is 19.7 Å². The summed E-state index contributed by atoms with van der Waals surface area (Å²) in [6, 6.07) is 8.82. The van der Waals surface area contributed by atoms with Crippen LogP contribution in [0.15, 0.2) is 50.1 Å².